The van der Waals surface area contributed by atoms with Crippen LogP contribution in [-0.2, 0) is 13.6 Å². The number of likely N-dealkylation sites (tertiary alicyclic amines) is 1. The topological polar surface area (TPSA) is 41.3 Å². The molecule has 1 aliphatic rings. The van der Waals surface area contributed by atoms with Crippen molar-refractivity contribution in [3.8, 4) is 0 Å². The van der Waals surface area contributed by atoms with E-state index in [2.05, 4.69) is 21.4 Å². The number of piperidine rings is 1. The molecule has 0 aromatic carbocycles. The first-order valence-corrected chi connectivity index (χ1v) is 6.44. The number of aryl methyl sites for hydroxylation is 1. The van der Waals surface area contributed by atoms with Crippen molar-refractivity contribution in [2.75, 3.05) is 13.1 Å². The molecule has 2 rings (SSSR count). The van der Waals surface area contributed by atoms with Gasteiger partial charge in [0, 0.05) is 32.5 Å². The maximum absolute atomic E-state index is 10.3. The molecule has 0 saturated carbocycles. The van der Waals surface area contributed by atoms with E-state index < -0.39 is 5.60 Å². The van der Waals surface area contributed by atoms with Crippen LogP contribution in [0.3, 0.4) is 0 Å². The molecule has 1 N–H and O–H groups in total. The highest BCUT2D eigenvalue weighted by molar-refractivity contribution is 4.94. The summed E-state index contributed by atoms with van der Waals surface area (Å²) < 4.78 is 2.06. The van der Waals surface area contributed by atoms with Crippen LogP contribution in [0.25, 0.3) is 0 Å². The second kappa shape index (κ2) is 4.78. The predicted octanol–water partition coefficient (Wildman–Crippen LogP) is 1.40. The Bertz CT molecular complexity index is 372. The van der Waals surface area contributed by atoms with E-state index in [1.807, 2.05) is 26.4 Å². The van der Waals surface area contributed by atoms with Crippen molar-refractivity contribution in [3.63, 3.8) is 0 Å². The molecule has 0 unspecified atom stereocenters. The van der Waals surface area contributed by atoms with Crippen molar-refractivity contribution in [1.82, 2.24) is 14.5 Å². The number of hydrogen-bond donors (Lipinski definition) is 1. The number of imidazole rings is 1. The van der Waals surface area contributed by atoms with E-state index in [4.69, 9.17) is 0 Å². The van der Waals surface area contributed by atoms with Gasteiger partial charge in [0.05, 0.1) is 12.1 Å². The van der Waals surface area contributed by atoms with Crippen LogP contribution < -0.4 is 0 Å². The van der Waals surface area contributed by atoms with Crippen LogP contribution in [0.1, 0.15) is 32.5 Å². The normalized spacial score (nSPS) is 30.7. The van der Waals surface area contributed by atoms with Crippen LogP contribution in [0.4, 0.5) is 0 Å². The molecule has 0 bridgehead atoms. The quantitative estimate of drug-likeness (QED) is 0.864. The lowest BCUT2D eigenvalue weighted by molar-refractivity contribution is -0.0613. The Morgan fingerprint density at radius 1 is 1.59 bits per heavy atom. The molecular formula is C13H23N3O. The van der Waals surface area contributed by atoms with E-state index >= 15 is 0 Å². The molecule has 96 valence electrons. The van der Waals surface area contributed by atoms with Gasteiger partial charge in [-0.3, -0.25) is 4.90 Å². The van der Waals surface area contributed by atoms with Gasteiger partial charge in [0.1, 0.15) is 5.82 Å². The summed E-state index contributed by atoms with van der Waals surface area (Å²) in [6.07, 6.45) is 5.71. The van der Waals surface area contributed by atoms with Crippen LogP contribution in [0, 0.1) is 5.92 Å². The van der Waals surface area contributed by atoms with Crippen LogP contribution in [0.2, 0.25) is 0 Å². The zero-order chi connectivity index (χ0) is 12.5. The fourth-order valence-corrected chi connectivity index (χ4v) is 2.65. The molecular weight excluding hydrogens is 214 g/mol. The van der Waals surface area contributed by atoms with E-state index in [1.165, 1.54) is 0 Å². The summed E-state index contributed by atoms with van der Waals surface area (Å²) in [4.78, 5) is 6.75. The van der Waals surface area contributed by atoms with Crippen molar-refractivity contribution in [2.24, 2.45) is 13.0 Å². The number of rotatable bonds is 3. The van der Waals surface area contributed by atoms with Crippen molar-refractivity contribution in [3.05, 3.63) is 18.2 Å². The predicted molar refractivity (Wildman–Crippen MR) is 67.5 cm³/mol. The SMILES string of the molecule is CC[C@H]1CN(Cc2nccn2C)CC[C@@]1(C)O. The number of aromatic nitrogens is 2. The van der Waals surface area contributed by atoms with Crippen molar-refractivity contribution >= 4 is 0 Å². The Labute approximate surface area is 103 Å². The summed E-state index contributed by atoms with van der Waals surface area (Å²) >= 11 is 0. The zero-order valence-electron chi connectivity index (χ0n) is 11.1. The number of nitrogens with zero attached hydrogens (tertiary/aromatic N) is 3. The van der Waals surface area contributed by atoms with Crippen LogP contribution in [0.5, 0.6) is 0 Å². The van der Waals surface area contributed by atoms with Crippen LogP contribution >= 0.6 is 0 Å². The van der Waals surface area contributed by atoms with Gasteiger partial charge in [-0.15, -0.1) is 0 Å². The summed E-state index contributed by atoms with van der Waals surface area (Å²) in [6.45, 7) is 6.94. The molecule has 0 amide bonds. The summed E-state index contributed by atoms with van der Waals surface area (Å²) in [5, 5.41) is 10.3. The van der Waals surface area contributed by atoms with Gasteiger partial charge in [-0.05, 0) is 25.7 Å². The van der Waals surface area contributed by atoms with Gasteiger partial charge in [0.15, 0.2) is 0 Å². The Kier molecular flexibility index (Phi) is 3.54. The first-order chi connectivity index (χ1) is 8.03. The van der Waals surface area contributed by atoms with Crippen LogP contribution in [0.15, 0.2) is 12.4 Å². The Morgan fingerprint density at radius 3 is 2.94 bits per heavy atom. The maximum Gasteiger partial charge on any atom is 0.122 e. The largest absolute Gasteiger partial charge is 0.390 e. The van der Waals surface area contributed by atoms with Gasteiger partial charge in [-0.2, -0.15) is 0 Å². The van der Waals surface area contributed by atoms with Crippen molar-refractivity contribution < 1.29 is 5.11 Å². The summed E-state index contributed by atoms with van der Waals surface area (Å²) in [5.74, 6) is 1.47. The molecule has 2 heterocycles. The molecule has 17 heavy (non-hydrogen) atoms. The molecule has 4 heteroatoms. The monoisotopic (exact) mass is 237 g/mol. The first-order valence-electron chi connectivity index (χ1n) is 6.44. The average molecular weight is 237 g/mol. The molecule has 1 aromatic rings. The fourth-order valence-electron chi connectivity index (χ4n) is 2.65. The Balaban J connectivity index is 1.99. The summed E-state index contributed by atoms with van der Waals surface area (Å²) in [5.41, 5.74) is -0.493. The van der Waals surface area contributed by atoms with E-state index in [1.54, 1.807) is 0 Å². The standard InChI is InChI=1S/C13H23N3O/c1-4-11-9-16(7-5-13(11,2)17)10-12-14-6-8-15(12)3/h6,8,11,17H,4-5,7,9-10H2,1-3H3/t11-,13+/m0/s1. The molecule has 1 saturated heterocycles. The number of hydrogen-bond acceptors (Lipinski definition) is 3. The second-order valence-corrected chi connectivity index (χ2v) is 5.40. The molecule has 1 fully saturated rings. The lowest BCUT2D eigenvalue weighted by Crippen LogP contribution is -2.49. The molecule has 1 aliphatic heterocycles. The van der Waals surface area contributed by atoms with Gasteiger partial charge in [-0.25, -0.2) is 4.98 Å². The first kappa shape index (κ1) is 12.6. The number of aliphatic hydroxyl groups is 1. The highest BCUT2D eigenvalue weighted by Crippen LogP contribution is 2.30. The van der Waals surface area contributed by atoms with Gasteiger partial charge >= 0.3 is 0 Å². The molecule has 2 atom stereocenters. The average Bonchev–Trinajstić information content (AvgIpc) is 2.67. The minimum atomic E-state index is -0.493. The molecule has 0 spiro atoms. The van der Waals surface area contributed by atoms with E-state index in [-0.39, 0.29) is 0 Å². The molecule has 0 radical (unpaired) electrons. The van der Waals surface area contributed by atoms with Gasteiger partial charge in [0.2, 0.25) is 0 Å². The Hall–Kier alpha value is -0.870. The van der Waals surface area contributed by atoms with Crippen molar-refractivity contribution in [2.45, 2.75) is 38.8 Å². The summed E-state index contributed by atoms with van der Waals surface area (Å²) in [6, 6.07) is 0. The van der Waals surface area contributed by atoms with E-state index in [9.17, 15) is 5.11 Å². The highest BCUT2D eigenvalue weighted by atomic mass is 16.3. The third-order valence-electron chi connectivity index (χ3n) is 4.07. The van der Waals surface area contributed by atoms with E-state index in [0.717, 1.165) is 38.3 Å². The minimum absolute atomic E-state index is 0.372. The third kappa shape index (κ3) is 2.69. The van der Waals surface area contributed by atoms with Gasteiger partial charge < -0.3 is 9.67 Å². The third-order valence-corrected chi connectivity index (χ3v) is 4.07. The molecule has 4 nitrogen and oxygen atoms in total. The lowest BCUT2D eigenvalue weighted by atomic mass is 9.81. The van der Waals surface area contributed by atoms with Gasteiger partial charge in [-0.1, -0.05) is 6.92 Å². The highest BCUT2D eigenvalue weighted by Gasteiger charge is 2.36. The Morgan fingerprint density at radius 2 is 2.35 bits per heavy atom. The second-order valence-electron chi connectivity index (χ2n) is 5.40. The molecule has 0 aliphatic carbocycles. The molecule has 1 aromatic heterocycles. The van der Waals surface area contributed by atoms with Crippen LogP contribution in [-0.4, -0.2) is 38.2 Å². The fraction of sp³-hybridized carbons (Fsp3) is 0.769. The van der Waals surface area contributed by atoms with Gasteiger partial charge in [0.25, 0.3) is 0 Å². The van der Waals surface area contributed by atoms with E-state index in [0.29, 0.717) is 5.92 Å². The smallest absolute Gasteiger partial charge is 0.122 e. The maximum atomic E-state index is 10.3. The van der Waals surface area contributed by atoms with Crippen molar-refractivity contribution in [1.29, 1.82) is 0 Å². The lowest BCUT2D eigenvalue weighted by Gasteiger charge is -2.42. The minimum Gasteiger partial charge on any atom is -0.390 e. The summed E-state index contributed by atoms with van der Waals surface area (Å²) in [7, 11) is 2.03. The zero-order valence-corrected chi connectivity index (χ0v) is 11.1.